The van der Waals surface area contributed by atoms with E-state index in [9.17, 15) is 0 Å². The fourth-order valence-electron chi connectivity index (χ4n) is 0.428. The minimum atomic E-state index is 0.441. The number of ether oxygens (including phenoxy) is 1. The van der Waals surface area contributed by atoms with Crippen molar-refractivity contribution in [2.75, 3.05) is 6.61 Å². The number of rotatable bonds is 1. The molecule has 8 heavy (non-hydrogen) atoms. The first kappa shape index (κ1) is 5.44. The van der Waals surface area contributed by atoms with E-state index in [4.69, 9.17) is 17.0 Å². The lowest BCUT2D eigenvalue weighted by Crippen LogP contribution is -1.93. The van der Waals surface area contributed by atoms with E-state index in [1.54, 1.807) is 6.08 Å². The molecular weight excluding hydrogens is 122 g/mol. The lowest BCUT2D eigenvalue weighted by Gasteiger charge is -1.87. The van der Waals surface area contributed by atoms with Gasteiger partial charge in [0.15, 0.2) is 0 Å². The average Bonchev–Trinajstić information content (AvgIpc) is 2.14. The maximum Gasteiger partial charge on any atom is 0.214 e. The molecule has 3 heteroatoms. The van der Waals surface area contributed by atoms with Crippen molar-refractivity contribution in [1.82, 2.24) is 0 Å². The highest BCUT2D eigenvalue weighted by Crippen LogP contribution is 1.97. The predicted molar refractivity (Wildman–Crippen MR) is 36.2 cm³/mol. The van der Waals surface area contributed by atoms with Crippen molar-refractivity contribution in [2.24, 2.45) is 4.99 Å². The van der Waals surface area contributed by atoms with Crippen molar-refractivity contribution in [3.05, 3.63) is 12.7 Å². The van der Waals surface area contributed by atoms with Gasteiger partial charge in [0.25, 0.3) is 0 Å². The van der Waals surface area contributed by atoms with Crippen molar-refractivity contribution in [3.8, 4) is 0 Å². The van der Waals surface area contributed by atoms with E-state index in [-0.39, 0.29) is 0 Å². The summed E-state index contributed by atoms with van der Waals surface area (Å²) in [6, 6.07) is 0. The van der Waals surface area contributed by atoms with Gasteiger partial charge in [-0.15, -0.1) is 0 Å². The Hall–Kier alpha value is -0.700. The predicted octanol–water partition coefficient (Wildman–Crippen LogP) is 0.928. The number of hydrogen-bond acceptors (Lipinski definition) is 2. The van der Waals surface area contributed by atoms with Crippen molar-refractivity contribution >= 4 is 23.1 Å². The Morgan fingerprint density at radius 2 is 2.62 bits per heavy atom. The first-order valence-corrected chi connectivity index (χ1v) is 2.60. The molecule has 2 nitrogen and oxygen atoms in total. The first-order chi connectivity index (χ1) is 3.83. The molecule has 0 amide bonds. The molecule has 0 aromatic rings. The van der Waals surface area contributed by atoms with Gasteiger partial charge in [-0.25, -0.2) is 4.99 Å². The Kier molecular flexibility index (Phi) is 1.39. The van der Waals surface area contributed by atoms with Crippen LogP contribution in [0.2, 0.25) is 0 Å². The molecule has 0 saturated carbocycles. The molecular formula is C5H5NOS. The van der Waals surface area contributed by atoms with E-state index in [1.807, 2.05) is 0 Å². The van der Waals surface area contributed by atoms with Gasteiger partial charge in [-0.05, 0) is 6.08 Å². The molecule has 0 aliphatic carbocycles. The van der Waals surface area contributed by atoms with Crippen LogP contribution in [0.1, 0.15) is 0 Å². The number of nitrogens with zero attached hydrogens (tertiary/aromatic N) is 1. The molecule has 0 unspecified atom stereocenters. The molecule has 0 bridgehead atoms. The molecule has 1 aliphatic rings. The van der Waals surface area contributed by atoms with E-state index in [0.717, 1.165) is 0 Å². The summed E-state index contributed by atoms with van der Waals surface area (Å²) in [7, 11) is 0. The van der Waals surface area contributed by atoms with Crippen LogP contribution in [-0.4, -0.2) is 17.5 Å². The molecule has 0 radical (unpaired) electrons. The number of aliphatic imine (C=N–C) groups is 1. The Labute approximate surface area is 52.9 Å². The van der Waals surface area contributed by atoms with E-state index >= 15 is 0 Å². The van der Waals surface area contributed by atoms with Gasteiger partial charge in [-0.3, -0.25) is 0 Å². The molecule has 1 heterocycles. The highest BCUT2D eigenvalue weighted by Gasteiger charge is 2.06. The summed E-state index contributed by atoms with van der Waals surface area (Å²) in [5, 5.41) is 0. The standard InChI is InChI=1S/C5H5NOS/c1-2-4-6-5(8)3-7-4/h2H,1,3H2. The van der Waals surface area contributed by atoms with E-state index in [0.29, 0.717) is 17.5 Å². The van der Waals surface area contributed by atoms with E-state index in [1.165, 1.54) is 0 Å². The van der Waals surface area contributed by atoms with Gasteiger partial charge in [0, 0.05) is 0 Å². The van der Waals surface area contributed by atoms with Crippen LogP contribution >= 0.6 is 12.2 Å². The lowest BCUT2D eigenvalue weighted by atomic mass is 10.6. The maximum absolute atomic E-state index is 4.91. The van der Waals surface area contributed by atoms with Gasteiger partial charge >= 0.3 is 0 Å². The zero-order valence-electron chi connectivity index (χ0n) is 4.26. The molecule has 42 valence electrons. The minimum absolute atomic E-state index is 0.441. The molecule has 0 spiro atoms. The van der Waals surface area contributed by atoms with Crippen molar-refractivity contribution in [2.45, 2.75) is 0 Å². The van der Waals surface area contributed by atoms with Crippen LogP contribution in [0.3, 0.4) is 0 Å². The molecule has 1 aliphatic heterocycles. The van der Waals surface area contributed by atoms with Crippen molar-refractivity contribution in [3.63, 3.8) is 0 Å². The molecule has 0 atom stereocenters. The SMILES string of the molecule is C=CC1=NC(=S)CO1. The van der Waals surface area contributed by atoms with Crippen LogP contribution in [0.4, 0.5) is 0 Å². The van der Waals surface area contributed by atoms with Gasteiger partial charge in [-0.2, -0.15) is 0 Å². The third-order valence-corrected chi connectivity index (χ3v) is 0.962. The molecule has 0 aromatic heterocycles. The second kappa shape index (κ2) is 2.05. The number of thiocarbonyl (C=S) groups is 1. The van der Waals surface area contributed by atoms with Crippen LogP contribution in [-0.2, 0) is 4.74 Å². The van der Waals surface area contributed by atoms with Gasteiger partial charge in [0.2, 0.25) is 5.90 Å². The van der Waals surface area contributed by atoms with Gasteiger partial charge in [0.1, 0.15) is 11.6 Å². The second-order valence-corrected chi connectivity index (χ2v) is 1.81. The highest BCUT2D eigenvalue weighted by atomic mass is 32.1. The smallest absolute Gasteiger partial charge is 0.214 e. The van der Waals surface area contributed by atoms with E-state index < -0.39 is 0 Å². The second-order valence-electron chi connectivity index (χ2n) is 1.34. The minimum Gasteiger partial charge on any atom is -0.470 e. The normalized spacial score (nSPS) is 17.5. The van der Waals surface area contributed by atoms with Crippen molar-refractivity contribution in [1.29, 1.82) is 0 Å². The third-order valence-electron chi connectivity index (χ3n) is 0.753. The molecule has 0 fully saturated rings. The van der Waals surface area contributed by atoms with Crippen LogP contribution in [0, 0.1) is 0 Å². The fraction of sp³-hybridized carbons (Fsp3) is 0.200. The van der Waals surface area contributed by atoms with Crippen LogP contribution in [0.5, 0.6) is 0 Å². The number of hydrogen-bond donors (Lipinski definition) is 0. The van der Waals surface area contributed by atoms with Gasteiger partial charge in [-0.1, -0.05) is 18.8 Å². The van der Waals surface area contributed by atoms with Crippen LogP contribution in [0.15, 0.2) is 17.6 Å². The summed E-state index contributed by atoms with van der Waals surface area (Å²) in [5.41, 5.74) is 0. The zero-order chi connectivity index (χ0) is 5.98. The lowest BCUT2D eigenvalue weighted by molar-refractivity contribution is 0.384. The Morgan fingerprint density at radius 3 is 2.88 bits per heavy atom. The monoisotopic (exact) mass is 127 g/mol. The molecule has 0 aromatic carbocycles. The molecule has 0 saturated heterocycles. The molecule has 0 N–H and O–H groups in total. The summed E-state index contributed by atoms with van der Waals surface area (Å²) in [6.07, 6.45) is 1.54. The summed E-state index contributed by atoms with van der Waals surface area (Å²) >= 11 is 4.70. The zero-order valence-corrected chi connectivity index (χ0v) is 5.07. The molecule has 1 rings (SSSR count). The maximum atomic E-state index is 4.91. The van der Waals surface area contributed by atoms with Crippen LogP contribution in [0.25, 0.3) is 0 Å². The third kappa shape index (κ3) is 0.924. The quantitative estimate of drug-likeness (QED) is 0.489. The van der Waals surface area contributed by atoms with E-state index in [2.05, 4.69) is 11.6 Å². The summed E-state index contributed by atoms with van der Waals surface area (Å²) in [5.74, 6) is 0.537. The average molecular weight is 127 g/mol. The first-order valence-electron chi connectivity index (χ1n) is 2.19. The highest BCUT2D eigenvalue weighted by molar-refractivity contribution is 7.80. The van der Waals surface area contributed by atoms with Gasteiger partial charge in [0.05, 0.1) is 0 Å². The van der Waals surface area contributed by atoms with Crippen LogP contribution < -0.4 is 0 Å². The fourth-order valence-corrected chi connectivity index (χ4v) is 0.577. The largest absolute Gasteiger partial charge is 0.470 e. The Morgan fingerprint density at radius 1 is 1.88 bits per heavy atom. The summed E-state index contributed by atoms with van der Waals surface area (Å²) in [4.78, 5) is 4.41. The summed E-state index contributed by atoms with van der Waals surface area (Å²) < 4.78 is 4.91. The summed E-state index contributed by atoms with van der Waals surface area (Å²) in [6.45, 7) is 3.90. The van der Waals surface area contributed by atoms with Crippen molar-refractivity contribution < 1.29 is 4.74 Å². The van der Waals surface area contributed by atoms with Gasteiger partial charge < -0.3 is 4.74 Å². The Balaban J connectivity index is 2.70. The Bertz CT molecular complexity index is 162. The topological polar surface area (TPSA) is 21.6 Å².